The number of nitrogens with zero attached hydrogens (tertiary/aromatic N) is 2. The van der Waals surface area contributed by atoms with Crippen LogP contribution in [-0.2, 0) is 38.5 Å². The molecule has 0 saturated heterocycles. The number of carbonyl (C=O) groups excluding carboxylic acids is 1. The van der Waals surface area contributed by atoms with E-state index in [4.69, 9.17) is 29.0 Å². The molecule has 0 amide bonds. The van der Waals surface area contributed by atoms with E-state index in [1.54, 1.807) is 42.5 Å². The van der Waals surface area contributed by atoms with E-state index in [1.165, 1.54) is 96.1 Å². The molecule has 4 heterocycles. The molecule has 0 fully saturated rings. The van der Waals surface area contributed by atoms with Gasteiger partial charge >= 0.3 is 30.2 Å². The Morgan fingerprint density at radius 2 is 0.918 bits per heavy atom. The van der Waals surface area contributed by atoms with Crippen molar-refractivity contribution in [3.63, 3.8) is 0 Å². The first-order valence-corrected chi connectivity index (χ1v) is 31.6. The van der Waals surface area contributed by atoms with Gasteiger partial charge in [0.05, 0.1) is 49.7 Å². The van der Waals surface area contributed by atoms with Crippen LogP contribution in [0, 0.1) is 49.6 Å². The van der Waals surface area contributed by atoms with Crippen LogP contribution in [0.15, 0.2) is 208 Å². The average molecular weight is 1610 g/mol. The van der Waals surface area contributed by atoms with E-state index >= 15 is 0 Å². The first-order valence-electron chi connectivity index (χ1n) is 29.3. The Bertz CT molecular complexity index is 4300. The summed E-state index contributed by atoms with van der Waals surface area (Å²) in [4.78, 5) is 30.8. The topological polar surface area (TPSA) is 201 Å². The van der Waals surface area contributed by atoms with Crippen LogP contribution in [0.25, 0.3) is 11.1 Å². The quantitative estimate of drug-likeness (QED) is 0.0277. The van der Waals surface area contributed by atoms with Crippen LogP contribution in [-0.4, -0.2) is 87.9 Å². The molecule has 10 aromatic carbocycles. The van der Waals surface area contributed by atoms with E-state index < -0.39 is 23.1 Å². The van der Waals surface area contributed by atoms with Gasteiger partial charge in [-0.2, -0.15) is 18.2 Å². The monoisotopic (exact) mass is 1600 g/mol. The number of ether oxygens (including phenoxy) is 4. The maximum atomic E-state index is 13.1. The molecule has 98 heavy (non-hydrogen) atoms. The molecule has 10 aromatic rings. The third-order valence-electron chi connectivity index (χ3n) is 14.9. The van der Waals surface area contributed by atoms with Gasteiger partial charge in [0.2, 0.25) is 0 Å². The van der Waals surface area contributed by atoms with E-state index in [1.807, 2.05) is 42.5 Å². The van der Waals surface area contributed by atoms with Crippen molar-refractivity contribution >= 4 is 101 Å². The summed E-state index contributed by atoms with van der Waals surface area (Å²) in [5.41, 5.74) is 12.8. The van der Waals surface area contributed by atoms with Gasteiger partial charge in [0.25, 0.3) is 11.4 Å². The summed E-state index contributed by atoms with van der Waals surface area (Å²) in [6.07, 6.45) is 5.08. The average Bonchev–Trinajstić information content (AvgIpc) is 1.57. The van der Waals surface area contributed by atoms with Gasteiger partial charge in [0, 0.05) is 66.9 Å². The zero-order chi connectivity index (χ0) is 66.8. The molecule has 14 rings (SSSR count). The summed E-state index contributed by atoms with van der Waals surface area (Å²) in [6.45, 7) is 2.76. The number of halogens is 8. The normalized spacial score (nSPS) is 12.1. The largest absolute Gasteiger partial charge is 2.00 e. The second-order valence-corrected chi connectivity index (χ2v) is 24.1. The molecule has 504 valence electrons. The minimum absolute atomic E-state index is 0. The van der Waals surface area contributed by atoms with Crippen LogP contribution in [0.4, 0.5) is 28.9 Å². The number of hydrogen-bond acceptors (Lipinski definition) is 12. The van der Waals surface area contributed by atoms with Crippen molar-refractivity contribution in [1.29, 1.82) is 0 Å². The smallest absolute Gasteiger partial charge is 1.00 e. The van der Waals surface area contributed by atoms with Crippen molar-refractivity contribution in [2.75, 3.05) is 26.4 Å². The van der Waals surface area contributed by atoms with E-state index in [0.29, 0.717) is 30.8 Å². The molecule has 0 radical (unpaired) electrons. The van der Waals surface area contributed by atoms with Crippen LogP contribution in [0.3, 0.4) is 0 Å². The van der Waals surface area contributed by atoms with Gasteiger partial charge in [-0.3, -0.25) is 25.0 Å². The van der Waals surface area contributed by atoms with Crippen molar-refractivity contribution in [1.82, 2.24) is 0 Å². The van der Waals surface area contributed by atoms with Gasteiger partial charge < -0.3 is 51.1 Å². The van der Waals surface area contributed by atoms with Gasteiger partial charge in [-0.1, -0.05) is 87.6 Å². The van der Waals surface area contributed by atoms with E-state index in [2.05, 4.69) is 72.1 Å². The zero-order valence-electron chi connectivity index (χ0n) is 50.9. The number of non-ortho nitro benzene ring substituents is 2. The summed E-state index contributed by atoms with van der Waals surface area (Å²) >= 11 is 10.3. The second kappa shape index (κ2) is 39.1. The van der Waals surface area contributed by atoms with Crippen LogP contribution in [0.1, 0.15) is 86.9 Å². The second-order valence-electron chi connectivity index (χ2n) is 21.5. The van der Waals surface area contributed by atoms with Crippen molar-refractivity contribution in [3.05, 3.63) is 318 Å². The van der Waals surface area contributed by atoms with E-state index in [-0.39, 0.29) is 95.0 Å². The third kappa shape index (κ3) is 22.6. The maximum Gasteiger partial charge on any atom is 2.00 e. The first kappa shape index (κ1) is 80.9. The van der Waals surface area contributed by atoms with Crippen molar-refractivity contribution < 1.29 is 83.3 Å². The summed E-state index contributed by atoms with van der Waals surface area (Å²) in [5, 5.41) is 49.0. The molecule has 14 nitrogen and oxygen atoms in total. The summed E-state index contributed by atoms with van der Waals surface area (Å²) in [5.74, 6) is 2.55. The Balaban J connectivity index is 0.000000219. The van der Waals surface area contributed by atoms with Crippen molar-refractivity contribution in [2.45, 2.75) is 59.5 Å². The number of benzene rings is 10. The number of aliphatic hydroxyl groups excluding tert-OH is 1. The Labute approximate surface area is 617 Å². The van der Waals surface area contributed by atoms with Crippen LogP contribution >= 0.6 is 47.8 Å². The number of rotatable bonds is 11. The van der Waals surface area contributed by atoms with Gasteiger partial charge in [-0.15, -0.1) is 12.1 Å². The standard InChI is InChI=1S/C21H16FNO3.C15H12BrFO2.C15H12BrFO.C9H7BrO2.C6H6BNO4.C6H4F.2CH4.BrH.Mg/c22-18-6-4-14(5-7-18)10-15-11-17-8-9-26-21(17)20(12-15)16-2-1-3-19(13-16)23(24)25;16-13-8-11(7-10-5-6-19-15(10)13)14(18)9-1-3-12(17)4-2-9;16-14-9-11(8-12-5-6-18-15(12)14)7-10-1-3-13(17)4-2-10;10-8-4-6(5-11)3-7-1-2-12-9(7)8;9-7(10)5-2-1-3-6(4-5)8(11)12;7-6-4-2-1-3-5-6;;;;/h1-7,11-13H,8-10H2;1-4,7-8,14,18H,5-6H2;1-4,8-9H,5-7H2;3-5H,1-2H2;1-4,9-10H;2-5H;2*1H4;1H;/q;;;;;-1;;;;+2/p-1. The predicted molar refractivity (Wildman–Crippen MR) is 379 cm³/mol. The summed E-state index contributed by atoms with van der Waals surface area (Å²) in [7, 11) is -1.66. The minimum Gasteiger partial charge on any atom is -1.00 e. The van der Waals surface area contributed by atoms with Crippen LogP contribution < -0.4 is 41.4 Å². The third-order valence-corrected chi connectivity index (χ3v) is 16.6. The van der Waals surface area contributed by atoms with E-state index in [9.17, 15) is 47.7 Å². The molecular formula is C74H65BBr4F4MgN2O12. The molecule has 0 bridgehead atoms. The fourth-order valence-corrected chi connectivity index (χ4v) is 12.3. The molecule has 1 unspecified atom stereocenters. The number of fused-ring (bicyclic) bond motifs is 4. The molecule has 24 heteroatoms. The van der Waals surface area contributed by atoms with Gasteiger partial charge in [0.1, 0.15) is 52.8 Å². The maximum absolute atomic E-state index is 13.1. The Hall–Kier alpha value is -7.78. The number of hydrogen-bond donors (Lipinski definition) is 3. The SMILES string of the molecule is C.C.Fc1cc[c-]cc1.Fc1ccc(Cc2cc(Br)c3c(c2)CCO3)cc1.O=Cc1cc(Br)c2c(c1)CCO2.O=[N+]([O-])c1cccc(-c2cc(Cc3ccc(F)cc3)cc3c2OCC3)c1.O=[N+]([O-])c1cccc(B(O)O)c1.OC(c1ccc(F)cc1)c1cc(Br)c2c(c1)CCO2.[Br-].[Mg+2]. The van der Waals surface area contributed by atoms with Gasteiger partial charge in [0.15, 0.2) is 0 Å². The Kier molecular flexibility index (Phi) is 32.3. The molecule has 0 aromatic heterocycles. The predicted octanol–water partition coefficient (Wildman–Crippen LogP) is 13.6. The van der Waals surface area contributed by atoms with Gasteiger partial charge in [-0.25, -0.2) is 17.6 Å². The molecule has 0 aliphatic carbocycles. The minimum atomic E-state index is -1.66. The van der Waals surface area contributed by atoms with Crippen LogP contribution in [0.5, 0.6) is 23.0 Å². The Morgan fingerprint density at radius 3 is 1.40 bits per heavy atom. The molecule has 3 N–H and O–H groups in total. The number of aliphatic hydroxyl groups is 1. The molecule has 4 aliphatic rings. The molecular weight excluding hydrogens is 1540 g/mol. The summed E-state index contributed by atoms with van der Waals surface area (Å²) in [6, 6.07) is 55.1. The van der Waals surface area contributed by atoms with Gasteiger partial charge in [-0.05, 0) is 200 Å². The molecule has 1 atom stereocenters. The number of aldehydes is 1. The van der Waals surface area contributed by atoms with Crippen LogP contribution in [0.2, 0.25) is 0 Å². The molecule has 0 saturated carbocycles. The molecule has 0 spiro atoms. The number of nitro groups is 2. The van der Waals surface area contributed by atoms with Crippen molar-refractivity contribution in [3.8, 4) is 34.1 Å². The molecule has 4 aliphatic heterocycles. The first-order chi connectivity index (χ1) is 45.3. The summed E-state index contributed by atoms with van der Waals surface area (Å²) < 4.78 is 75.7. The Morgan fingerprint density at radius 1 is 0.500 bits per heavy atom. The number of carbonyl (C=O) groups is 1. The van der Waals surface area contributed by atoms with Crippen molar-refractivity contribution in [2.24, 2.45) is 0 Å². The van der Waals surface area contributed by atoms with E-state index in [0.717, 1.165) is 144 Å². The fourth-order valence-electron chi connectivity index (χ4n) is 10.4. The number of nitro benzene ring substituents is 2. The fraction of sp³-hybridized carbons (Fsp3) is 0.176. The zero-order valence-corrected chi connectivity index (χ0v) is 58.7.